The largest absolute Gasteiger partial charge is 0.487 e. The van der Waals surface area contributed by atoms with E-state index in [1.165, 1.54) is 18.2 Å². The van der Waals surface area contributed by atoms with E-state index in [4.69, 9.17) is 21.1 Å². The normalized spacial score (nSPS) is 14.1. The van der Waals surface area contributed by atoms with E-state index in [1.54, 1.807) is 4.90 Å². The topological polar surface area (TPSA) is 63.7 Å². The Morgan fingerprint density at radius 2 is 2.11 bits per heavy atom. The van der Waals surface area contributed by atoms with E-state index in [9.17, 15) is 9.18 Å². The molecule has 0 unspecified atom stereocenters. The van der Waals surface area contributed by atoms with E-state index in [1.807, 2.05) is 19.1 Å². The summed E-state index contributed by atoms with van der Waals surface area (Å²) in [5.74, 6) is 0.231. The molecule has 1 saturated heterocycles. The van der Waals surface area contributed by atoms with Crippen LogP contribution in [0.5, 0.6) is 5.75 Å². The second-order valence-electron chi connectivity index (χ2n) is 6.06. The zero-order valence-electron chi connectivity index (χ0n) is 15.0. The van der Waals surface area contributed by atoms with E-state index in [-0.39, 0.29) is 18.4 Å². The molecule has 144 valence electrons. The minimum Gasteiger partial charge on any atom is -0.487 e. The van der Waals surface area contributed by atoms with Gasteiger partial charge in [0.25, 0.3) is 0 Å². The molecule has 8 heteroatoms. The van der Waals surface area contributed by atoms with Crippen LogP contribution in [0.2, 0.25) is 5.02 Å². The highest BCUT2D eigenvalue weighted by atomic mass is 35.5. The Balaban J connectivity index is 1.75. The lowest BCUT2D eigenvalue weighted by molar-refractivity contribution is 0.0564. The van der Waals surface area contributed by atoms with Gasteiger partial charge >= 0.3 is 6.03 Å². The molecule has 0 atom stereocenters. The maximum absolute atomic E-state index is 13.4. The van der Waals surface area contributed by atoms with Crippen LogP contribution in [0.1, 0.15) is 18.2 Å². The molecule has 0 spiro atoms. The summed E-state index contributed by atoms with van der Waals surface area (Å²) in [4.78, 5) is 18.7. The van der Waals surface area contributed by atoms with Crippen molar-refractivity contribution in [3.05, 3.63) is 52.4 Å². The van der Waals surface area contributed by atoms with Crippen molar-refractivity contribution in [2.24, 2.45) is 0 Å². The van der Waals surface area contributed by atoms with Gasteiger partial charge in [-0.1, -0.05) is 24.6 Å². The number of halogens is 2. The summed E-state index contributed by atoms with van der Waals surface area (Å²) in [5, 5.41) is 3.16. The SMILES string of the molecule is CCc1ccc(COc2cc(F)ccc2Cl)c(NC(=O)N2CCOCC2)n1. The van der Waals surface area contributed by atoms with E-state index in [0.29, 0.717) is 42.7 Å². The molecule has 1 aliphatic rings. The maximum atomic E-state index is 13.4. The number of anilines is 1. The van der Waals surface area contributed by atoms with Gasteiger partial charge in [-0.25, -0.2) is 14.2 Å². The van der Waals surface area contributed by atoms with Crippen molar-refractivity contribution in [3.8, 4) is 5.75 Å². The predicted octanol–water partition coefficient (Wildman–Crippen LogP) is 3.88. The molecule has 1 aromatic heterocycles. The van der Waals surface area contributed by atoms with Gasteiger partial charge in [-0.3, -0.25) is 5.32 Å². The average Bonchev–Trinajstić information content (AvgIpc) is 2.70. The number of hydrogen-bond donors (Lipinski definition) is 1. The molecule has 1 fully saturated rings. The average molecular weight is 394 g/mol. The Hall–Kier alpha value is -2.38. The molecular formula is C19H21ClFN3O3. The minimum atomic E-state index is -0.435. The highest BCUT2D eigenvalue weighted by molar-refractivity contribution is 6.32. The van der Waals surface area contributed by atoms with E-state index >= 15 is 0 Å². The quantitative estimate of drug-likeness (QED) is 0.837. The predicted molar refractivity (Wildman–Crippen MR) is 101 cm³/mol. The van der Waals surface area contributed by atoms with Crippen LogP contribution in [-0.2, 0) is 17.8 Å². The summed E-state index contributed by atoms with van der Waals surface area (Å²) < 4.78 is 24.3. The molecule has 2 aromatic rings. The molecule has 1 aromatic carbocycles. The smallest absolute Gasteiger partial charge is 0.323 e. The van der Waals surface area contributed by atoms with Gasteiger partial charge < -0.3 is 14.4 Å². The number of ether oxygens (including phenoxy) is 2. The van der Waals surface area contributed by atoms with Crippen LogP contribution >= 0.6 is 11.6 Å². The van der Waals surface area contributed by atoms with Gasteiger partial charge in [-0.2, -0.15) is 0 Å². The van der Waals surface area contributed by atoms with Crippen molar-refractivity contribution < 1.29 is 18.7 Å². The number of hydrogen-bond acceptors (Lipinski definition) is 4. The zero-order chi connectivity index (χ0) is 19.2. The number of carbonyl (C=O) groups is 1. The second-order valence-corrected chi connectivity index (χ2v) is 6.46. The zero-order valence-corrected chi connectivity index (χ0v) is 15.8. The summed E-state index contributed by atoms with van der Waals surface area (Å²) in [6, 6.07) is 7.41. The molecule has 6 nitrogen and oxygen atoms in total. The monoisotopic (exact) mass is 393 g/mol. The Kier molecular flexibility index (Phi) is 6.47. The first kappa shape index (κ1) is 19.4. The summed E-state index contributed by atoms with van der Waals surface area (Å²) >= 11 is 6.04. The molecule has 1 N–H and O–H groups in total. The maximum Gasteiger partial charge on any atom is 0.323 e. The molecule has 1 aliphatic heterocycles. The molecule has 0 bridgehead atoms. The van der Waals surface area contributed by atoms with Gasteiger partial charge in [0.05, 0.1) is 18.2 Å². The highest BCUT2D eigenvalue weighted by Crippen LogP contribution is 2.27. The van der Waals surface area contributed by atoms with Gasteiger partial charge in [0.2, 0.25) is 0 Å². The van der Waals surface area contributed by atoms with Crippen LogP contribution in [0, 0.1) is 5.82 Å². The van der Waals surface area contributed by atoms with E-state index < -0.39 is 5.82 Å². The molecule has 0 aliphatic carbocycles. The first-order valence-electron chi connectivity index (χ1n) is 8.77. The number of carbonyl (C=O) groups excluding carboxylic acids is 1. The standard InChI is InChI=1S/C19H21ClFN3O3/c1-2-15-5-3-13(12-27-17-11-14(21)4-6-16(17)20)18(22-15)23-19(25)24-7-9-26-10-8-24/h3-6,11H,2,7-10,12H2,1H3,(H,22,23,25). The van der Waals surface area contributed by atoms with E-state index in [0.717, 1.165) is 12.1 Å². The Labute approximate surface area is 162 Å². The van der Waals surface area contributed by atoms with Crippen molar-refractivity contribution in [1.29, 1.82) is 0 Å². The van der Waals surface area contributed by atoms with Crippen LogP contribution < -0.4 is 10.1 Å². The van der Waals surface area contributed by atoms with Crippen LogP contribution in [-0.4, -0.2) is 42.2 Å². The molecule has 3 rings (SSSR count). The van der Waals surface area contributed by atoms with Gasteiger partial charge in [-0.05, 0) is 24.6 Å². The Morgan fingerprint density at radius 1 is 1.33 bits per heavy atom. The van der Waals surface area contributed by atoms with Crippen molar-refractivity contribution in [2.45, 2.75) is 20.0 Å². The second kappa shape index (κ2) is 9.01. The van der Waals surface area contributed by atoms with Gasteiger partial charge in [0.15, 0.2) is 0 Å². The van der Waals surface area contributed by atoms with Crippen molar-refractivity contribution in [3.63, 3.8) is 0 Å². The van der Waals surface area contributed by atoms with Crippen LogP contribution in [0.4, 0.5) is 15.0 Å². The Bertz CT molecular complexity index is 813. The number of amides is 2. The molecule has 0 radical (unpaired) electrons. The summed E-state index contributed by atoms with van der Waals surface area (Å²) in [5.41, 5.74) is 1.52. The summed E-state index contributed by atoms with van der Waals surface area (Å²) in [6.07, 6.45) is 0.733. The number of nitrogens with zero attached hydrogens (tertiary/aromatic N) is 2. The number of rotatable bonds is 5. The molecular weight excluding hydrogens is 373 g/mol. The summed E-state index contributed by atoms with van der Waals surface area (Å²) in [7, 11) is 0. The number of nitrogens with one attached hydrogen (secondary N) is 1. The highest BCUT2D eigenvalue weighted by Gasteiger charge is 2.19. The lowest BCUT2D eigenvalue weighted by Gasteiger charge is -2.27. The fourth-order valence-electron chi connectivity index (χ4n) is 2.64. The lowest BCUT2D eigenvalue weighted by Crippen LogP contribution is -2.43. The third-order valence-corrected chi connectivity index (χ3v) is 4.51. The molecule has 27 heavy (non-hydrogen) atoms. The molecule has 2 heterocycles. The van der Waals surface area contributed by atoms with Gasteiger partial charge in [0.1, 0.15) is 24.0 Å². The number of aromatic nitrogens is 1. The van der Waals surface area contributed by atoms with Crippen LogP contribution in [0.3, 0.4) is 0 Å². The number of urea groups is 1. The van der Waals surface area contributed by atoms with Crippen molar-refractivity contribution in [1.82, 2.24) is 9.88 Å². The van der Waals surface area contributed by atoms with Crippen molar-refractivity contribution >= 4 is 23.4 Å². The summed E-state index contributed by atoms with van der Waals surface area (Å²) in [6.45, 7) is 4.18. The van der Waals surface area contributed by atoms with Crippen LogP contribution in [0.15, 0.2) is 30.3 Å². The van der Waals surface area contributed by atoms with E-state index in [2.05, 4.69) is 10.3 Å². The first-order valence-corrected chi connectivity index (χ1v) is 9.15. The van der Waals surface area contributed by atoms with Gasteiger partial charge in [-0.15, -0.1) is 0 Å². The molecule has 2 amide bonds. The number of aryl methyl sites for hydroxylation is 1. The van der Waals surface area contributed by atoms with Crippen molar-refractivity contribution in [2.75, 3.05) is 31.6 Å². The fraction of sp³-hybridized carbons (Fsp3) is 0.368. The minimum absolute atomic E-state index is 0.0961. The third-order valence-electron chi connectivity index (χ3n) is 4.20. The van der Waals surface area contributed by atoms with Crippen LogP contribution in [0.25, 0.3) is 0 Å². The number of morpholine rings is 1. The first-order chi connectivity index (χ1) is 13.1. The number of pyridine rings is 1. The lowest BCUT2D eigenvalue weighted by atomic mass is 10.2. The third kappa shape index (κ3) is 5.08. The van der Waals surface area contributed by atoms with Gasteiger partial charge in [0, 0.05) is 30.4 Å². The number of benzene rings is 1. The fourth-order valence-corrected chi connectivity index (χ4v) is 2.81. The molecule has 0 saturated carbocycles. The Morgan fingerprint density at radius 3 is 2.85 bits per heavy atom.